The van der Waals surface area contributed by atoms with E-state index in [-0.39, 0.29) is 13.2 Å². The molecule has 1 N–H and O–H groups in total. The van der Waals surface area contributed by atoms with Crippen LogP contribution in [0.2, 0.25) is 0 Å². The largest absolute Gasteiger partial charge is 0.394 e. The van der Waals surface area contributed by atoms with Crippen molar-refractivity contribution >= 4 is 0 Å². The van der Waals surface area contributed by atoms with E-state index in [0.29, 0.717) is 0 Å². The molecule has 0 aliphatic rings. The van der Waals surface area contributed by atoms with Crippen LogP contribution in [-0.2, 0) is 4.74 Å². The Balaban J connectivity index is 4.00. The summed E-state index contributed by atoms with van der Waals surface area (Å²) in [6, 6.07) is 0. The standard InChI is InChI=1S/C7H14F2O2/c1-6(2,3)7(8,9)11-5-4-10/h10H,4-5H2,1-3H3. The number of ether oxygens (including phenoxy) is 1. The van der Waals surface area contributed by atoms with Crippen molar-refractivity contribution in [3.8, 4) is 0 Å². The number of hydrogen-bond acceptors (Lipinski definition) is 2. The van der Waals surface area contributed by atoms with Crippen LogP contribution < -0.4 is 0 Å². The van der Waals surface area contributed by atoms with Gasteiger partial charge in [0.05, 0.1) is 18.6 Å². The smallest absolute Gasteiger partial charge is 0.360 e. The first-order chi connectivity index (χ1) is 4.81. The second-order valence-corrected chi connectivity index (χ2v) is 3.34. The maximum atomic E-state index is 12.8. The lowest BCUT2D eigenvalue weighted by Crippen LogP contribution is -2.37. The van der Waals surface area contributed by atoms with Gasteiger partial charge < -0.3 is 9.84 Å². The van der Waals surface area contributed by atoms with E-state index in [0.717, 1.165) is 0 Å². The number of alkyl halides is 2. The van der Waals surface area contributed by atoms with Gasteiger partial charge in [0.2, 0.25) is 0 Å². The van der Waals surface area contributed by atoms with Crippen LogP contribution in [-0.4, -0.2) is 24.4 Å². The van der Waals surface area contributed by atoms with E-state index in [4.69, 9.17) is 5.11 Å². The first-order valence-corrected chi connectivity index (χ1v) is 3.44. The van der Waals surface area contributed by atoms with Crippen LogP contribution in [0.25, 0.3) is 0 Å². The molecule has 0 aliphatic carbocycles. The molecule has 0 atom stereocenters. The number of halogens is 2. The molecule has 0 radical (unpaired) electrons. The molecule has 68 valence electrons. The Morgan fingerprint density at radius 3 is 2.00 bits per heavy atom. The predicted molar refractivity (Wildman–Crippen MR) is 37.4 cm³/mol. The SMILES string of the molecule is CC(C)(C)C(F)(F)OCCO. The van der Waals surface area contributed by atoms with Gasteiger partial charge in [-0.15, -0.1) is 0 Å². The maximum absolute atomic E-state index is 12.8. The summed E-state index contributed by atoms with van der Waals surface area (Å²) in [6.07, 6.45) is -3.17. The summed E-state index contributed by atoms with van der Waals surface area (Å²) in [7, 11) is 0. The number of hydrogen-bond donors (Lipinski definition) is 1. The van der Waals surface area contributed by atoms with E-state index < -0.39 is 11.5 Å². The summed E-state index contributed by atoms with van der Waals surface area (Å²) in [5.41, 5.74) is -1.22. The summed E-state index contributed by atoms with van der Waals surface area (Å²) in [5, 5.41) is 8.24. The molecular weight excluding hydrogens is 154 g/mol. The fourth-order valence-electron chi connectivity index (χ4n) is 0.390. The van der Waals surface area contributed by atoms with Crippen molar-refractivity contribution in [1.82, 2.24) is 0 Å². The minimum Gasteiger partial charge on any atom is -0.394 e. The van der Waals surface area contributed by atoms with Crippen LogP contribution in [0.1, 0.15) is 20.8 Å². The zero-order valence-electron chi connectivity index (χ0n) is 7.03. The molecule has 0 amide bonds. The van der Waals surface area contributed by atoms with Crippen molar-refractivity contribution in [2.75, 3.05) is 13.2 Å². The van der Waals surface area contributed by atoms with Crippen LogP contribution >= 0.6 is 0 Å². The Morgan fingerprint density at radius 2 is 1.73 bits per heavy atom. The second kappa shape index (κ2) is 3.45. The van der Waals surface area contributed by atoms with Crippen molar-refractivity contribution in [1.29, 1.82) is 0 Å². The lowest BCUT2D eigenvalue weighted by Gasteiger charge is -2.29. The highest BCUT2D eigenvalue weighted by atomic mass is 19.3. The van der Waals surface area contributed by atoms with Gasteiger partial charge in [-0.3, -0.25) is 0 Å². The number of rotatable bonds is 3. The minimum atomic E-state index is -3.17. The third kappa shape index (κ3) is 3.12. The first kappa shape index (κ1) is 10.8. The van der Waals surface area contributed by atoms with Gasteiger partial charge in [0, 0.05) is 0 Å². The van der Waals surface area contributed by atoms with Gasteiger partial charge in [-0.2, -0.15) is 8.78 Å². The molecule has 0 bridgehead atoms. The van der Waals surface area contributed by atoms with Crippen molar-refractivity contribution in [3.05, 3.63) is 0 Å². The molecule has 0 saturated carbocycles. The van der Waals surface area contributed by atoms with Gasteiger partial charge in [0.15, 0.2) is 0 Å². The molecule has 4 heteroatoms. The zero-order valence-corrected chi connectivity index (χ0v) is 7.03. The fourth-order valence-corrected chi connectivity index (χ4v) is 0.390. The van der Waals surface area contributed by atoms with E-state index in [1.165, 1.54) is 20.8 Å². The molecule has 2 nitrogen and oxygen atoms in total. The molecule has 0 saturated heterocycles. The molecule has 0 spiro atoms. The molecular formula is C7H14F2O2. The van der Waals surface area contributed by atoms with Gasteiger partial charge in [0.25, 0.3) is 0 Å². The Morgan fingerprint density at radius 1 is 1.27 bits per heavy atom. The average molecular weight is 168 g/mol. The van der Waals surface area contributed by atoms with Crippen molar-refractivity contribution in [3.63, 3.8) is 0 Å². The highest BCUT2D eigenvalue weighted by molar-refractivity contribution is 4.72. The molecule has 0 aromatic heterocycles. The van der Waals surface area contributed by atoms with Crippen LogP contribution in [0.4, 0.5) is 8.78 Å². The van der Waals surface area contributed by atoms with E-state index in [1.807, 2.05) is 0 Å². The van der Waals surface area contributed by atoms with Crippen LogP contribution in [0.15, 0.2) is 0 Å². The molecule has 0 heterocycles. The quantitative estimate of drug-likeness (QED) is 0.694. The second-order valence-electron chi connectivity index (χ2n) is 3.34. The maximum Gasteiger partial charge on any atom is 0.360 e. The zero-order chi connectivity index (χ0) is 9.12. The Labute approximate surface area is 65.2 Å². The Kier molecular flexibility index (Phi) is 3.38. The summed E-state index contributed by atoms with van der Waals surface area (Å²) in [5.74, 6) is 0. The van der Waals surface area contributed by atoms with Crippen molar-refractivity contribution in [2.45, 2.75) is 26.9 Å². The van der Waals surface area contributed by atoms with Gasteiger partial charge in [0.1, 0.15) is 0 Å². The average Bonchev–Trinajstić information content (AvgIpc) is 1.81. The molecule has 0 unspecified atom stereocenters. The van der Waals surface area contributed by atoms with E-state index in [1.54, 1.807) is 0 Å². The Hall–Kier alpha value is -0.220. The van der Waals surface area contributed by atoms with Gasteiger partial charge in [-0.25, -0.2) is 0 Å². The van der Waals surface area contributed by atoms with Crippen LogP contribution in [0.5, 0.6) is 0 Å². The lowest BCUT2D eigenvalue weighted by atomic mass is 9.95. The van der Waals surface area contributed by atoms with Crippen molar-refractivity contribution in [2.24, 2.45) is 5.41 Å². The molecule has 0 fully saturated rings. The van der Waals surface area contributed by atoms with Gasteiger partial charge in [-0.05, 0) is 0 Å². The van der Waals surface area contributed by atoms with E-state index in [9.17, 15) is 8.78 Å². The normalized spacial score (nSPS) is 13.6. The summed E-state index contributed by atoms with van der Waals surface area (Å²) in [4.78, 5) is 0. The van der Waals surface area contributed by atoms with Gasteiger partial charge in [-0.1, -0.05) is 20.8 Å². The van der Waals surface area contributed by atoms with Crippen LogP contribution in [0.3, 0.4) is 0 Å². The number of aliphatic hydroxyl groups is 1. The van der Waals surface area contributed by atoms with E-state index in [2.05, 4.69) is 4.74 Å². The molecule has 0 aromatic carbocycles. The van der Waals surface area contributed by atoms with Gasteiger partial charge >= 0.3 is 6.11 Å². The Bertz CT molecular complexity index is 118. The monoisotopic (exact) mass is 168 g/mol. The third-order valence-electron chi connectivity index (χ3n) is 1.25. The van der Waals surface area contributed by atoms with Crippen LogP contribution in [0, 0.1) is 5.41 Å². The lowest BCUT2D eigenvalue weighted by molar-refractivity contribution is -0.296. The van der Waals surface area contributed by atoms with Crippen molar-refractivity contribution < 1.29 is 18.6 Å². The highest BCUT2D eigenvalue weighted by Crippen LogP contribution is 2.36. The molecule has 0 rings (SSSR count). The highest BCUT2D eigenvalue weighted by Gasteiger charge is 2.44. The minimum absolute atomic E-state index is 0.329. The third-order valence-corrected chi connectivity index (χ3v) is 1.25. The summed E-state index contributed by atoms with van der Waals surface area (Å²) in [6.45, 7) is 3.43. The topological polar surface area (TPSA) is 29.5 Å². The predicted octanol–water partition coefficient (Wildman–Crippen LogP) is 1.63. The molecule has 0 aromatic rings. The summed E-state index contributed by atoms with van der Waals surface area (Å²) >= 11 is 0. The summed E-state index contributed by atoms with van der Waals surface area (Å²) < 4.78 is 29.7. The molecule has 11 heavy (non-hydrogen) atoms. The molecule has 0 aliphatic heterocycles. The number of aliphatic hydroxyl groups excluding tert-OH is 1. The first-order valence-electron chi connectivity index (χ1n) is 3.44. The fraction of sp³-hybridized carbons (Fsp3) is 1.00. The van der Waals surface area contributed by atoms with E-state index >= 15 is 0 Å².